The van der Waals surface area contributed by atoms with Gasteiger partial charge in [-0.05, 0) is 85.0 Å². The van der Waals surface area contributed by atoms with Gasteiger partial charge >= 0.3 is 5.97 Å². The molecule has 320 valence electrons. The van der Waals surface area contributed by atoms with Crippen molar-refractivity contribution in [3.05, 3.63) is 112 Å². The molecule has 3 aliphatic rings. The number of benzene rings is 3. The molecule has 0 amide bonds. The molecular formula is C47H53ClFN7O4S. The van der Waals surface area contributed by atoms with Gasteiger partial charge in [-0.15, -0.1) is 11.3 Å². The van der Waals surface area contributed by atoms with Crippen LogP contribution in [0.2, 0.25) is 5.02 Å². The minimum Gasteiger partial charge on any atom is -0.487 e. The van der Waals surface area contributed by atoms with Crippen LogP contribution in [-0.2, 0) is 42.2 Å². The molecule has 9 rings (SSSR count). The number of aromatic nitrogens is 4. The zero-order valence-corrected chi connectivity index (χ0v) is 36.9. The lowest BCUT2D eigenvalue weighted by atomic mass is 9.94. The third-order valence-corrected chi connectivity index (χ3v) is 13.3. The number of hydrogen-bond acceptors (Lipinski definition) is 11. The standard InChI is InChI=1S/C47H53ClFN7O4S/c1-5-7-18-56-37(16-17-52-56)29-59-39-15-8-32-25-35(39)26-40(47(57)58-6-2)60-45-42-41(44(61-46(42)51-30-50-45)33-9-12-36(49)13-10-33)38-14-11-34(43(48)31(38)3)28-55(27-32)24-23-54-21-19-53(4)20-22-54/h8-17,25,30,40H,5-7,18-24,26-29H2,1-4H3/t40-/m1/s1. The summed E-state index contributed by atoms with van der Waals surface area (Å²) in [6.07, 6.45) is 4.40. The van der Waals surface area contributed by atoms with Crippen LogP contribution >= 0.6 is 22.9 Å². The SMILES string of the molecule is CCCCn1nccc1COc1ccc2cc1C[C@H](C(=O)OCC)Oc1ncnc3sc(-c4ccc(F)cc4)c(c13)-c1ccc(c(Cl)c1C)CN(CCN1CCN(C)CC1)C2. The molecule has 0 unspecified atom stereocenters. The molecule has 0 saturated carbocycles. The Bertz CT molecular complexity index is 2470. The normalized spacial score (nSPS) is 16.5. The van der Waals surface area contributed by atoms with Crippen molar-refractivity contribution < 1.29 is 23.4 Å². The first-order chi connectivity index (χ1) is 29.7. The van der Waals surface area contributed by atoms with E-state index in [1.54, 1.807) is 25.3 Å². The molecule has 61 heavy (non-hydrogen) atoms. The number of aryl methyl sites for hydroxylation is 1. The Hall–Kier alpha value is -4.92. The predicted molar refractivity (Wildman–Crippen MR) is 239 cm³/mol. The third-order valence-electron chi connectivity index (χ3n) is 11.7. The predicted octanol–water partition coefficient (Wildman–Crippen LogP) is 8.82. The van der Waals surface area contributed by atoms with E-state index in [2.05, 4.69) is 63.0 Å². The van der Waals surface area contributed by atoms with Gasteiger partial charge in [0.2, 0.25) is 12.0 Å². The van der Waals surface area contributed by atoms with Gasteiger partial charge in [-0.25, -0.2) is 19.2 Å². The molecular weight excluding hydrogens is 813 g/mol. The molecule has 11 nitrogen and oxygen atoms in total. The van der Waals surface area contributed by atoms with Crippen LogP contribution in [-0.4, -0.2) is 99.4 Å². The second kappa shape index (κ2) is 19.4. The van der Waals surface area contributed by atoms with Crippen LogP contribution < -0.4 is 9.47 Å². The van der Waals surface area contributed by atoms with E-state index in [-0.39, 0.29) is 24.7 Å². The van der Waals surface area contributed by atoms with Crippen molar-refractivity contribution >= 4 is 39.1 Å². The number of halogens is 2. The van der Waals surface area contributed by atoms with Gasteiger partial charge in [-0.3, -0.25) is 14.5 Å². The van der Waals surface area contributed by atoms with Crippen LogP contribution in [0.5, 0.6) is 11.6 Å². The van der Waals surface area contributed by atoms with Crippen molar-refractivity contribution in [1.29, 1.82) is 0 Å². The molecule has 3 aliphatic heterocycles. The minimum atomic E-state index is -1.08. The molecule has 0 aliphatic carbocycles. The van der Waals surface area contributed by atoms with E-state index < -0.39 is 12.1 Å². The van der Waals surface area contributed by atoms with Gasteiger partial charge in [0, 0.05) is 87.0 Å². The van der Waals surface area contributed by atoms with Crippen LogP contribution in [0.4, 0.5) is 4.39 Å². The quantitative estimate of drug-likeness (QED) is 0.111. The summed E-state index contributed by atoms with van der Waals surface area (Å²) in [6.45, 7) is 14.4. The number of rotatable bonds is 12. The van der Waals surface area contributed by atoms with Gasteiger partial charge < -0.3 is 19.1 Å². The van der Waals surface area contributed by atoms with E-state index in [0.29, 0.717) is 40.7 Å². The Balaban J connectivity index is 1.26. The van der Waals surface area contributed by atoms with Gasteiger partial charge in [-0.1, -0.05) is 61.3 Å². The van der Waals surface area contributed by atoms with Crippen molar-refractivity contribution in [2.24, 2.45) is 0 Å². The number of carbonyl (C=O) groups excluding carboxylic acids is 1. The van der Waals surface area contributed by atoms with Crippen LogP contribution in [0, 0.1) is 12.7 Å². The van der Waals surface area contributed by atoms with Gasteiger partial charge in [0.1, 0.15) is 29.3 Å². The van der Waals surface area contributed by atoms with E-state index in [9.17, 15) is 9.18 Å². The Morgan fingerprint density at radius 1 is 0.951 bits per heavy atom. The van der Waals surface area contributed by atoms with Crippen LogP contribution in [0.25, 0.3) is 31.8 Å². The summed E-state index contributed by atoms with van der Waals surface area (Å²) in [5.74, 6) is 0.0376. The van der Waals surface area contributed by atoms with Crippen molar-refractivity contribution in [2.75, 3.05) is 52.9 Å². The van der Waals surface area contributed by atoms with Crippen molar-refractivity contribution in [1.82, 2.24) is 34.4 Å². The number of piperazine rings is 1. The number of likely N-dealkylation sites (N-methyl/N-ethyl adjacent to an activating group) is 1. The molecule has 1 saturated heterocycles. The molecule has 6 heterocycles. The second-order valence-corrected chi connectivity index (χ2v) is 17.3. The second-order valence-electron chi connectivity index (χ2n) is 15.9. The zero-order valence-electron chi connectivity index (χ0n) is 35.3. The Morgan fingerprint density at radius 3 is 2.54 bits per heavy atom. The fourth-order valence-corrected chi connectivity index (χ4v) is 9.55. The minimum absolute atomic E-state index is 0.160. The fraction of sp³-hybridized carbons (Fsp3) is 0.404. The van der Waals surface area contributed by atoms with E-state index >= 15 is 0 Å². The first-order valence-electron chi connectivity index (χ1n) is 21.2. The molecule has 0 radical (unpaired) electrons. The molecule has 3 aromatic carbocycles. The highest BCUT2D eigenvalue weighted by Gasteiger charge is 2.30. The molecule has 3 aromatic heterocycles. The summed E-state index contributed by atoms with van der Waals surface area (Å²) in [4.78, 5) is 32.3. The number of esters is 1. The maximum Gasteiger partial charge on any atom is 0.347 e. The topological polar surface area (TPSA) is 98.1 Å². The summed E-state index contributed by atoms with van der Waals surface area (Å²) < 4.78 is 35.3. The Kier molecular flexibility index (Phi) is 13.6. The summed E-state index contributed by atoms with van der Waals surface area (Å²) in [7, 11) is 2.18. The van der Waals surface area contributed by atoms with Gasteiger partial charge in [0.25, 0.3) is 0 Å². The highest BCUT2D eigenvalue weighted by Crippen LogP contribution is 2.49. The smallest absolute Gasteiger partial charge is 0.347 e. The highest BCUT2D eigenvalue weighted by atomic mass is 35.5. The number of thiophene rings is 1. The molecule has 14 heteroatoms. The molecule has 0 spiro atoms. The molecule has 6 aromatic rings. The van der Waals surface area contributed by atoms with E-state index in [1.165, 1.54) is 29.8 Å². The number of carbonyl (C=O) groups is 1. The van der Waals surface area contributed by atoms with Crippen LogP contribution in [0.3, 0.4) is 0 Å². The summed E-state index contributed by atoms with van der Waals surface area (Å²) in [5.41, 5.74) is 7.25. The maximum absolute atomic E-state index is 14.3. The number of fused-ring (bicyclic) bond motifs is 6. The lowest BCUT2D eigenvalue weighted by Crippen LogP contribution is -2.46. The van der Waals surface area contributed by atoms with Crippen LogP contribution in [0.1, 0.15) is 54.6 Å². The summed E-state index contributed by atoms with van der Waals surface area (Å²) >= 11 is 8.87. The maximum atomic E-state index is 14.3. The number of unbranched alkanes of at least 4 members (excludes halogenated alkanes) is 1. The van der Waals surface area contributed by atoms with Crippen LogP contribution in [0.15, 0.2) is 73.2 Å². The monoisotopic (exact) mass is 865 g/mol. The number of hydrogen-bond donors (Lipinski definition) is 0. The first-order valence-corrected chi connectivity index (χ1v) is 22.4. The molecule has 1 fully saturated rings. The summed E-state index contributed by atoms with van der Waals surface area (Å²) in [5, 5.41) is 5.85. The van der Waals surface area contributed by atoms with Gasteiger partial charge in [0.15, 0.2) is 0 Å². The van der Waals surface area contributed by atoms with E-state index in [1.807, 2.05) is 23.7 Å². The summed E-state index contributed by atoms with van der Waals surface area (Å²) in [6, 6.07) is 18.9. The third kappa shape index (κ3) is 9.76. The van der Waals surface area contributed by atoms with Gasteiger partial charge in [-0.2, -0.15) is 5.10 Å². The number of nitrogens with zero attached hydrogens (tertiary/aromatic N) is 7. The lowest BCUT2D eigenvalue weighted by molar-refractivity contribution is -0.151. The Labute approximate surface area is 366 Å². The fourth-order valence-electron chi connectivity index (χ4n) is 8.18. The van der Waals surface area contributed by atoms with E-state index in [0.717, 1.165) is 108 Å². The lowest BCUT2D eigenvalue weighted by Gasteiger charge is -2.34. The zero-order chi connectivity index (χ0) is 42.5. The molecule has 4 bridgehead atoms. The number of ether oxygens (including phenoxy) is 3. The van der Waals surface area contributed by atoms with Gasteiger partial charge in [0.05, 0.1) is 17.7 Å². The van der Waals surface area contributed by atoms with E-state index in [4.69, 9.17) is 30.8 Å². The van der Waals surface area contributed by atoms with Crippen molar-refractivity contribution in [3.63, 3.8) is 0 Å². The largest absolute Gasteiger partial charge is 0.487 e. The van der Waals surface area contributed by atoms with Crippen molar-refractivity contribution in [2.45, 2.75) is 72.4 Å². The molecule has 1 atom stereocenters. The molecule has 0 N–H and O–H groups in total. The first kappa shape index (κ1) is 42.8. The highest BCUT2D eigenvalue weighted by molar-refractivity contribution is 7.22. The Morgan fingerprint density at radius 2 is 1.75 bits per heavy atom. The average molecular weight is 867 g/mol. The van der Waals surface area contributed by atoms with Crippen molar-refractivity contribution in [3.8, 4) is 33.2 Å². The average Bonchev–Trinajstić information content (AvgIpc) is 3.88.